The third kappa shape index (κ3) is 54.8. The Kier molecular flexibility index (Phi) is 54.5. The maximum atomic E-state index is 11.9. The number of esters is 2. The minimum absolute atomic E-state index is 0.132. The number of unbranched alkanes of at least 4 members (excludes halogenated alkanes) is 24. The average Bonchev–Trinajstić information content (AvgIpc) is 3.27. The fourth-order valence-corrected chi connectivity index (χ4v) is 6.79. The van der Waals surface area contributed by atoms with Crippen LogP contribution in [0, 0.1) is 0 Å². The van der Waals surface area contributed by atoms with E-state index in [0.717, 1.165) is 25.7 Å². The summed E-state index contributed by atoms with van der Waals surface area (Å²) < 4.78 is 54.6. The molecule has 0 aromatic carbocycles. The molecule has 0 fully saturated rings. The maximum Gasteiger partial charge on any atom is 0.305 e. The fourth-order valence-electron chi connectivity index (χ4n) is 6.79. The van der Waals surface area contributed by atoms with Crippen LogP contribution in [0.5, 0.6) is 0 Å². The van der Waals surface area contributed by atoms with E-state index in [2.05, 4.69) is 13.8 Å². The van der Waals surface area contributed by atoms with Gasteiger partial charge in [0, 0.05) is 12.8 Å². The summed E-state index contributed by atoms with van der Waals surface area (Å²) >= 11 is 0. The molecule has 0 aliphatic carbocycles. The molecule has 0 aromatic rings. The molecule has 0 saturated carbocycles. The first kappa shape index (κ1) is 60.6. The maximum absolute atomic E-state index is 11.9. The monoisotopic (exact) mass is 891 g/mol. The molecule has 0 radical (unpaired) electrons. The van der Waals surface area contributed by atoms with Gasteiger partial charge in [0.1, 0.15) is 13.2 Å². The largest absolute Gasteiger partial charge is 0.463 e. The molecule has 0 heterocycles. The molecule has 12 heteroatoms. The SMILES string of the molecule is CCCCCCCCCCCCCCCC(=O)OCCOCCOCCOCCOCCOCCOCCOCCOCCOC(=O)CCCCCCCCCCCCCCC. The van der Waals surface area contributed by atoms with Gasteiger partial charge in [-0.15, -0.1) is 0 Å². The second-order valence-electron chi connectivity index (χ2n) is 16.3. The van der Waals surface area contributed by atoms with E-state index in [9.17, 15) is 9.59 Å². The van der Waals surface area contributed by atoms with Crippen molar-refractivity contribution >= 4 is 11.9 Å². The molecule has 370 valence electrons. The highest BCUT2D eigenvalue weighted by molar-refractivity contribution is 5.69. The van der Waals surface area contributed by atoms with Gasteiger partial charge in [0.25, 0.3) is 0 Å². The zero-order chi connectivity index (χ0) is 44.8. The van der Waals surface area contributed by atoms with Crippen molar-refractivity contribution in [2.75, 3.05) is 119 Å². The molecule has 0 aliphatic rings. The summed E-state index contributed by atoms with van der Waals surface area (Å²) in [6, 6.07) is 0. The number of rotatable bonds is 55. The topological polar surface area (TPSA) is 126 Å². The second kappa shape index (κ2) is 55.8. The Morgan fingerprint density at radius 1 is 0.226 bits per heavy atom. The Hall–Kier alpha value is -1.38. The Morgan fingerprint density at radius 3 is 0.581 bits per heavy atom. The molecule has 0 amide bonds. The molecule has 0 unspecified atom stereocenters. The van der Waals surface area contributed by atoms with Crippen LogP contribution in [0.1, 0.15) is 194 Å². The van der Waals surface area contributed by atoms with Crippen LogP contribution >= 0.6 is 0 Å². The Bertz CT molecular complexity index is 796. The van der Waals surface area contributed by atoms with E-state index in [4.69, 9.17) is 47.4 Å². The molecule has 0 spiro atoms. The predicted octanol–water partition coefficient (Wildman–Crippen LogP) is 11.2. The molecule has 0 bridgehead atoms. The molecule has 0 aliphatic heterocycles. The first-order valence-electron chi connectivity index (χ1n) is 25.6. The van der Waals surface area contributed by atoms with Gasteiger partial charge in [-0.1, -0.05) is 168 Å². The molecule has 0 rings (SSSR count). The highest BCUT2D eigenvalue weighted by Gasteiger charge is 2.05. The number of carbonyl (C=O) groups excluding carboxylic acids is 2. The molecule has 0 atom stereocenters. The third-order valence-corrected chi connectivity index (χ3v) is 10.6. The van der Waals surface area contributed by atoms with Gasteiger partial charge in [0.05, 0.1) is 106 Å². The van der Waals surface area contributed by atoms with E-state index in [0.29, 0.717) is 119 Å². The van der Waals surface area contributed by atoms with Crippen LogP contribution < -0.4 is 0 Å². The van der Waals surface area contributed by atoms with E-state index in [1.165, 1.54) is 141 Å². The normalized spacial score (nSPS) is 11.5. The van der Waals surface area contributed by atoms with Crippen molar-refractivity contribution in [2.24, 2.45) is 0 Å². The predicted molar refractivity (Wildman–Crippen MR) is 249 cm³/mol. The van der Waals surface area contributed by atoms with Crippen LogP contribution in [0.3, 0.4) is 0 Å². The van der Waals surface area contributed by atoms with Crippen LogP contribution in [-0.4, -0.2) is 131 Å². The molecular weight excluding hydrogens is 793 g/mol. The molecular formula is C50H98O12. The van der Waals surface area contributed by atoms with Gasteiger partial charge in [-0.2, -0.15) is 0 Å². The van der Waals surface area contributed by atoms with Crippen molar-refractivity contribution in [2.45, 2.75) is 194 Å². The highest BCUT2D eigenvalue weighted by Crippen LogP contribution is 2.14. The Labute approximate surface area is 380 Å². The van der Waals surface area contributed by atoms with E-state index < -0.39 is 0 Å². The summed E-state index contributed by atoms with van der Waals surface area (Å²) in [6.07, 6.45) is 34.6. The van der Waals surface area contributed by atoms with Crippen LogP contribution in [0.2, 0.25) is 0 Å². The van der Waals surface area contributed by atoms with Crippen LogP contribution in [-0.2, 0) is 57.0 Å². The number of ether oxygens (including phenoxy) is 10. The minimum Gasteiger partial charge on any atom is -0.463 e. The summed E-state index contributed by atoms with van der Waals surface area (Å²) in [4.78, 5) is 23.8. The van der Waals surface area contributed by atoms with E-state index in [1.807, 2.05) is 0 Å². The van der Waals surface area contributed by atoms with Crippen molar-refractivity contribution in [1.29, 1.82) is 0 Å². The van der Waals surface area contributed by atoms with E-state index in [-0.39, 0.29) is 25.2 Å². The zero-order valence-corrected chi connectivity index (χ0v) is 40.4. The molecule has 0 aromatic heterocycles. The summed E-state index contributed by atoms with van der Waals surface area (Å²) in [5, 5.41) is 0. The van der Waals surface area contributed by atoms with Crippen LogP contribution in [0.4, 0.5) is 0 Å². The van der Waals surface area contributed by atoms with Gasteiger partial charge >= 0.3 is 11.9 Å². The quantitative estimate of drug-likeness (QED) is 0.0426. The minimum atomic E-state index is -0.132. The van der Waals surface area contributed by atoms with Gasteiger partial charge in [-0.05, 0) is 12.8 Å². The lowest BCUT2D eigenvalue weighted by Crippen LogP contribution is -2.15. The van der Waals surface area contributed by atoms with Crippen molar-refractivity contribution in [3.63, 3.8) is 0 Å². The standard InChI is InChI=1S/C50H98O12/c1-3-5-7-9-11-13-15-17-19-21-23-25-27-29-49(51)61-47-45-59-43-41-57-39-37-55-35-33-53-31-32-54-34-36-56-38-40-58-42-44-60-46-48-62-50(52)30-28-26-24-22-20-18-16-14-12-10-8-6-4-2/h3-48H2,1-2H3. The molecule has 62 heavy (non-hydrogen) atoms. The van der Waals surface area contributed by atoms with Crippen molar-refractivity contribution < 1.29 is 57.0 Å². The van der Waals surface area contributed by atoms with E-state index in [1.54, 1.807) is 0 Å². The summed E-state index contributed by atoms with van der Waals surface area (Å²) in [6.45, 7) is 12.6. The van der Waals surface area contributed by atoms with E-state index >= 15 is 0 Å². The van der Waals surface area contributed by atoms with Gasteiger partial charge < -0.3 is 47.4 Å². The molecule has 0 N–H and O–H groups in total. The fraction of sp³-hybridized carbons (Fsp3) is 0.960. The highest BCUT2D eigenvalue weighted by atomic mass is 16.6. The molecule has 0 saturated heterocycles. The van der Waals surface area contributed by atoms with Crippen molar-refractivity contribution in [1.82, 2.24) is 0 Å². The molecule has 12 nitrogen and oxygen atoms in total. The average molecular weight is 891 g/mol. The van der Waals surface area contributed by atoms with Crippen LogP contribution in [0.25, 0.3) is 0 Å². The van der Waals surface area contributed by atoms with Crippen molar-refractivity contribution in [3.8, 4) is 0 Å². The third-order valence-electron chi connectivity index (χ3n) is 10.6. The van der Waals surface area contributed by atoms with Gasteiger partial charge in [0.15, 0.2) is 0 Å². The number of hydrogen-bond donors (Lipinski definition) is 0. The first-order chi connectivity index (χ1) is 30.7. The van der Waals surface area contributed by atoms with Gasteiger partial charge in [-0.25, -0.2) is 0 Å². The summed E-state index contributed by atoms with van der Waals surface area (Å²) in [5.74, 6) is -0.265. The summed E-state index contributed by atoms with van der Waals surface area (Å²) in [7, 11) is 0. The van der Waals surface area contributed by atoms with Crippen LogP contribution in [0.15, 0.2) is 0 Å². The van der Waals surface area contributed by atoms with Gasteiger partial charge in [0.2, 0.25) is 0 Å². The van der Waals surface area contributed by atoms with Gasteiger partial charge in [-0.3, -0.25) is 9.59 Å². The number of hydrogen-bond acceptors (Lipinski definition) is 12. The Morgan fingerprint density at radius 2 is 0.387 bits per heavy atom. The number of carbonyl (C=O) groups is 2. The Balaban J connectivity index is 3.17. The first-order valence-corrected chi connectivity index (χ1v) is 25.6. The lowest BCUT2D eigenvalue weighted by molar-refractivity contribution is -0.146. The lowest BCUT2D eigenvalue weighted by Gasteiger charge is -2.09. The zero-order valence-electron chi connectivity index (χ0n) is 40.4. The summed E-state index contributed by atoms with van der Waals surface area (Å²) in [5.41, 5.74) is 0. The lowest BCUT2D eigenvalue weighted by atomic mass is 10.0. The smallest absolute Gasteiger partial charge is 0.305 e. The van der Waals surface area contributed by atoms with Crippen molar-refractivity contribution in [3.05, 3.63) is 0 Å². The second-order valence-corrected chi connectivity index (χ2v) is 16.3.